The Morgan fingerprint density at radius 1 is 1.27 bits per heavy atom. The Bertz CT molecular complexity index is 1670. The molecule has 4 aromatic heterocycles. The monoisotopic (exact) mass is 590 g/mol. The Hall–Kier alpha value is -3.51. The third-order valence-electron chi connectivity index (χ3n) is 7.31. The van der Waals surface area contributed by atoms with Gasteiger partial charge in [0.2, 0.25) is 0 Å². The molecule has 0 spiro atoms. The summed E-state index contributed by atoms with van der Waals surface area (Å²) in [5.74, 6) is 0.0624. The van der Waals surface area contributed by atoms with Crippen molar-refractivity contribution in [2.24, 2.45) is 13.0 Å². The molecule has 1 atom stereocenters. The molecular formula is C30H31FN6O2S2. The molecule has 2 N–H and O–H groups in total. The van der Waals surface area contributed by atoms with E-state index in [1.54, 1.807) is 33.4 Å². The number of aldehydes is 1. The van der Waals surface area contributed by atoms with E-state index >= 15 is 0 Å². The number of nitrogens with zero attached hydrogens (tertiary/aromatic N) is 4. The Morgan fingerprint density at radius 3 is 2.95 bits per heavy atom. The fraction of sp³-hybridized carbons (Fsp3) is 0.333. The number of pyridine rings is 1. The molecule has 0 radical (unpaired) electrons. The van der Waals surface area contributed by atoms with Crippen LogP contribution in [0.4, 0.5) is 4.39 Å². The first kappa shape index (κ1) is 27.6. The van der Waals surface area contributed by atoms with E-state index in [2.05, 4.69) is 27.2 Å². The number of benzene rings is 1. The Morgan fingerprint density at radius 2 is 2.17 bits per heavy atom. The van der Waals surface area contributed by atoms with Gasteiger partial charge < -0.3 is 20.2 Å². The predicted molar refractivity (Wildman–Crippen MR) is 162 cm³/mol. The molecule has 0 fully saturated rings. The van der Waals surface area contributed by atoms with E-state index in [9.17, 15) is 9.18 Å². The van der Waals surface area contributed by atoms with Crippen molar-refractivity contribution in [2.75, 3.05) is 26.7 Å². The van der Waals surface area contributed by atoms with E-state index in [0.717, 1.165) is 87.6 Å². The van der Waals surface area contributed by atoms with Crippen molar-refractivity contribution in [3.8, 4) is 38.8 Å². The molecular weight excluding hydrogens is 560 g/mol. The molecule has 8 nitrogen and oxygen atoms in total. The van der Waals surface area contributed by atoms with E-state index in [4.69, 9.17) is 14.7 Å². The first-order chi connectivity index (χ1) is 20.1. The standard InChI is InChI=1S/C30H31FN6O2S2/c1-32-9-5-18(7-11-38)17-39-24-13-20(31)3-4-21(24)26-28(30-35-23-6-10-33-15-25(23)41-30)36-27(19-14-34-37(2)16-19)22-8-12-40-29(22)26/h3-4,8,11-14,16,18,32-33H,5-7,9-10,15,17H2,1-2H3. The van der Waals surface area contributed by atoms with Crippen LogP contribution in [0.3, 0.4) is 0 Å². The zero-order chi connectivity index (χ0) is 28.3. The first-order valence-electron chi connectivity index (χ1n) is 13.7. The van der Waals surface area contributed by atoms with Gasteiger partial charge in [0.15, 0.2) is 0 Å². The van der Waals surface area contributed by atoms with Crippen molar-refractivity contribution in [1.82, 2.24) is 30.4 Å². The SMILES string of the molecule is CNCCC(CC=O)COc1cc(F)ccc1-c1c(-c2nc3c(s2)CNCC3)nc(-c2cnn(C)c2)c2ccsc12. The van der Waals surface area contributed by atoms with Crippen LogP contribution in [-0.2, 0) is 24.8 Å². The minimum Gasteiger partial charge on any atom is -0.493 e. The van der Waals surface area contributed by atoms with Gasteiger partial charge in [0, 0.05) is 82.8 Å². The van der Waals surface area contributed by atoms with Crippen LogP contribution in [-0.4, -0.2) is 52.8 Å². The molecule has 1 aliphatic rings. The van der Waals surface area contributed by atoms with Gasteiger partial charge in [-0.3, -0.25) is 4.68 Å². The minimum absolute atomic E-state index is 0.0153. The van der Waals surface area contributed by atoms with E-state index in [1.165, 1.54) is 17.0 Å². The second-order valence-corrected chi connectivity index (χ2v) is 12.2. The molecule has 0 saturated heterocycles. The van der Waals surface area contributed by atoms with Gasteiger partial charge >= 0.3 is 0 Å². The maximum Gasteiger partial charge on any atom is 0.143 e. The van der Waals surface area contributed by atoms with Crippen molar-refractivity contribution in [3.05, 3.63) is 58.4 Å². The van der Waals surface area contributed by atoms with Crippen LogP contribution in [0.5, 0.6) is 5.75 Å². The minimum atomic E-state index is -0.384. The van der Waals surface area contributed by atoms with Crippen LogP contribution < -0.4 is 15.4 Å². The van der Waals surface area contributed by atoms with Crippen molar-refractivity contribution in [3.63, 3.8) is 0 Å². The zero-order valence-corrected chi connectivity index (χ0v) is 24.6. The number of nitrogens with one attached hydrogen (secondary N) is 2. The van der Waals surface area contributed by atoms with Crippen molar-refractivity contribution in [2.45, 2.75) is 25.8 Å². The Kier molecular flexibility index (Phi) is 8.20. The summed E-state index contributed by atoms with van der Waals surface area (Å²) in [6, 6.07) is 6.73. The summed E-state index contributed by atoms with van der Waals surface area (Å²) in [5.41, 5.74) is 5.23. The van der Waals surface area contributed by atoms with E-state index in [0.29, 0.717) is 18.8 Å². The number of fused-ring (bicyclic) bond motifs is 2. The zero-order valence-electron chi connectivity index (χ0n) is 22.9. The van der Waals surface area contributed by atoms with Crippen LogP contribution in [0.15, 0.2) is 42.0 Å². The number of rotatable bonds is 11. The number of ether oxygens (including phenoxy) is 1. The Labute approximate surface area is 245 Å². The number of thiophene rings is 1. The normalized spacial score (nSPS) is 13.8. The van der Waals surface area contributed by atoms with E-state index in [-0.39, 0.29) is 11.7 Å². The summed E-state index contributed by atoms with van der Waals surface area (Å²) in [6.07, 6.45) is 6.74. The van der Waals surface area contributed by atoms with Crippen LogP contribution in [0, 0.1) is 11.7 Å². The van der Waals surface area contributed by atoms with Crippen molar-refractivity contribution < 1.29 is 13.9 Å². The molecule has 11 heteroatoms. The third-order valence-corrected chi connectivity index (χ3v) is 9.35. The molecule has 1 aromatic carbocycles. The largest absolute Gasteiger partial charge is 0.493 e. The number of hydrogen-bond acceptors (Lipinski definition) is 9. The molecule has 0 amide bonds. The summed E-state index contributed by atoms with van der Waals surface area (Å²) >= 11 is 3.27. The number of carbonyl (C=O) groups excluding carboxylic acids is 1. The molecule has 5 heterocycles. The lowest BCUT2D eigenvalue weighted by Crippen LogP contribution is -2.22. The molecule has 41 heavy (non-hydrogen) atoms. The highest BCUT2D eigenvalue weighted by Gasteiger charge is 2.26. The fourth-order valence-electron chi connectivity index (χ4n) is 5.20. The first-order valence-corrected chi connectivity index (χ1v) is 15.4. The number of halogens is 1. The van der Waals surface area contributed by atoms with Gasteiger partial charge in [0.25, 0.3) is 0 Å². The quantitative estimate of drug-likeness (QED) is 0.197. The second-order valence-electron chi connectivity index (χ2n) is 10.2. The third kappa shape index (κ3) is 5.67. The summed E-state index contributed by atoms with van der Waals surface area (Å²) in [7, 11) is 3.77. The smallest absolute Gasteiger partial charge is 0.143 e. The highest BCUT2D eigenvalue weighted by atomic mass is 32.1. The van der Waals surface area contributed by atoms with Crippen LogP contribution in [0.2, 0.25) is 0 Å². The number of aromatic nitrogens is 4. The maximum absolute atomic E-state index is 14.7. The maximum atomic E-state index is 14.7. The summed E-state index contributed by atoms with van der Waals surface area (Å²) in [5, 5.41) is 14.8. The average molecular weight is 591 g/mol. The topological polar surface area (TPSA) is 94.0 Å². The molecule has 1 unspecified atom stereocenters. The molecule has 0 bridgehead atoms. The number of thiazole rings is 1. The predicted octanol–water partition coefficient (Wildman–Crippen LogP) is 5.47. The lowest BCUT2D eigenvalue weighted by Gasteiger charge is -2.19. The number of hydrogen-bond donors (Lipinski definition) is 2. The van der Waals surface area contributed by atoms with Gasteiger partial charge in [-0.05, 0) is 43.6 Å². The Balaban J connectivity index is 1.53. The number of carbonyl (C=O) groups is 1. The molecule has 212 valence electrons. The molecule has 6 rings (SSSR count). The highest BCUT2D eigenvalue weighted by Crippen LogP contribution is 2.47. The van der Waals surface area contributed by atoms with Gasteiger partial charge in [-0.15, -0.1) is 22.7 Å². The van der Waals surface area contributed by atoms with E-state index in [1.807, 2.05) is 26.5 Å². The molecule has 0 saturated carbocycles. The van der Waals surface area contributed by atoms with Crippen LogP contribution >= 0.6 is 22.7 Å². The fourth-order valence-corrected chi connectivity index (χ4v) is 7.23. The molecule has 0 aliphatic carbocycles. The molecule has 5 aromatic rings. The summed E-state index contributed by atoms with van der Waals surface area (Å²) in [4.78, 5) is 22.8. The van der Waals surface area contributed by atoms with Gasteiger partial charge in [-0.1, -0.05) is 0 Å². The number of aryl methyl sites for hydroxylation is 1. The molecule has 1 aliphatic heterocycles. The van der Waals surface area contributed by atoms with Crippen molar-refractivity contribution in [1.29, 1.82) is 0 Å². The average Bonchev–Trinajstić information content (AvgIpc) is 3.73. The van der Waals surface area contributed by atoms with Gasteiger partial charge in [0.1, 0.15) is 28.6 Å². The summed E-state index contributed by atoms with van der Waals surface area (Å²) < 4.78 is 23.8. The lowest BCUT2D eigenvalue weighted by molar-refractivity contribution is -0.108. The highest BCUT2D eigenvalue weighted by molar-refractivity contribution is 7.18. The van der Waals surface area contributed by atoms with Gasteiger partial charge in [0.05, 0.1) is 24.2 Å². The summed E-state index contributed by atoms with van der Waals surface area (Å²) in [6.45, 7) is 2.75. The van der Waals surface area contributed by atoms with Gasteiger partial charge in [-0.25, -0.2) is 14.4 Å². The lowest BCUT2D eigenvalue weighted by atomic mass is 9.98. The van der Waals surface area contributed by atoms with Gasteiger partial charge in [-0.2, -0.15) is 5.10 Å². The van der Waals surface area contributed by atoms with Crippen LogP contribution in [0.1, 0.15) is 23.4 Å². The van der Waals surface area contributed by atoms with Crippen LogP contribution in [0.25, 0.3) is 43.2 Å². The second kappa shape index (κ2) is 12.2. The van der Waals surface area contributed by atoms with Crippen molar-refractivity contribution >= 4 is 39.0 Å². The van der Waals surface area contributed by atoms with E-state index < -0.39 is 0 Å².